The molecule has 0 bridgehead atoms. The monoisotopic (exact) mass is 241 g/mol. The number of rotatable bonds is 1. The van der Waals surface area contributed by atoms with Crippen molar-refractivity contribution in [3.05, 3.63) is 29.8 Å². The molecule has 0 spiro atoms. The highest BCUT2D eigenvalue weighted by molar-refractivity contribution is 5.51. The van der Waals surface area contributed by atoms with Crippen molar-refractivity contribution in [1.82, 2.24) is 4.90 Å². The quantitative estimate of drug-likeness (QED) is 0.755. The maximum atomic E-state index is 8.84. The van der Waals surface area contributed by atoms with Crippen LogP contribution in [0.1, 0.15) is 25.3 Å². The second kappa shape index (κ2) is 4.62. The van der Waals surface area contributed by atoms with Crippen LogP contribution in [-0.4, -0.2) is 36.6 Å². The Kier molecular flexibility index (Phi) is 2.97. The molecule has 2 heterocycles. The van der Waals surface area contributed by atoms with Gasteiger partial charge in [0.05, 0.1) is 11.6 Å². The van der Waals surface area contributed by atoms with Crippen LogP contribution < -0.4 is 4.90 Å². The molecule has 94 valence electrons. The minimum atomic E-state index is 0.562. The molecule has 2 aliphatic heterocycles. The highest BCUT2D eigenvalue weighted by atomic mass is 15.3. The molecule has 1 aromatic rings. The summed E-state index contributed by atoms with van der Waals surface area (Å²) >= 11 is 0. The van der Waals surface area contributed by atoms with E-state index >= 15 is 0 Å². The van der Waals surface area contributed by atoms with Gasteiger partial charge >= 0.3 is 0 Å². The van der Waals surface area contributed by atoms with E-state index in [1.54, 1.807) is 0 Å². The van der Waals surface area contributed by atoms with E-state index in [1.807, 2.05) is 12.1 Å². The SMILES string of the molecule is CC1CN2CCCC2CN1c1ccc(C#N)cc1. The van der Waals surface area contributed by atoms with Crippen molar-refractivity contribution in [2.45, 2.75) is 31.8 Å². The molecular weight excluding hydrogens is 222 g/mol. The average molecular weight is 241 g/mol. The Morgan fingerprint density at radius 3 is 2.72 bits per heavy atom. The third kappa shape index (κ3) is 1.97. The fraction of sp³-hybridized carbons (Fsp3) is 0.533. The number of nitrogens with zero attached hydrogens (tertiary/aromatic N) is 3. The molecule has 3 rings (SSSR count). The van der Waals surface area contributed by atoms with E-state index < -0.39 is 0 Å². The van der Waals surface area contributed by atoms with Crippen LogP contribution in [0, 0.1) is 11.3 Å². The second-order valence-corrected chi connectivity index (χ2v) is 5.45. The molecule has 18 heavy (non-hydrogen) atoms. The largest absolute Gasteiger partial charge is 0.366 e. The number of hydrogen-bond donors (Lipinski definition) is 0. The van der Waals surface area contributed by atoms with Gasteiger partial charge in [-0.3, -0.25) is 4.90 Å². The molecule has 0 amide bonds. The van der Waals surface area contributed by atoms with Crippen LogP contribution in [-0.2, 0) is 0 Å². The Morgan fingerprint density at radius 1 is 1.22 bits per heavy atom. The lowest BCUT2D eigenvalue weighted by Crippen LogP contribution is -2.55. The van der Waals surface area contributed by atoms with Gasteiger partial charge in [0, 0.05) is 30.9 Å². The molecule has 0 aromatic heterocycles. The van der Waals surface area contributed by atoms with E-state index in [0.29, 0.717) is 6.04 Å². The summed E-state index contributed by atoms with van der Waals surface area (Å²) in [5, 5.41) is 8.84. The fourth-order valence-corrected chi connectivity index (χ4v) is 3.27. The van der Waals surface area contributed by atoms with Gasteiger partial charge in [-0.25, -0.2) is 0 Å². The van der Waals surface area contributed by atoms with Crippen molar-refractivity contribution in [3.8, 4) is 6.07 Å². The topological polar surface area (TPSA) is 30.3 Å². The van der Waals surface area contributed by atoms with Crippen molar-refractivity contribution in [3.63, 3.8) is 0 Å². The van der Waals surface area contributed by atoms with E-state index in [9.17, 15) is 0 Å². The van der Waals surface area contributed by atoms with Gasteiger partial charge in [0.15, 0.2) is 0 Å². The molecule has 2 fully saturated rings. The number of hydrogen-bond acceptors (Lipinski definition) is 3. The minimum absolute atomic E-state index is 0.562. The molecule has 2 atom stereocenters. The van der Waals surface area contributed by atoms with Gasteiger partial charge in [0.25, 0.3) is 0 Å². The molecule has 0 aliphatic carbocycles. The molecule has 2 saturated heterocycles. The molecule has 2 aliphatic rings. The van der Waals surface area contributed by atoms with Gasteiger partial charge in [0.2, 0.25) is 0 Å². The molecule has 3 nitrogen and oxygen atoms in total. The van der Waals surface area contributed by atoms with Crippen molar-refractivity contribution >= 4 is 5.69 Å². The molecule has 0 N–H and O–H groups in total. The summed E-state index contributed by atoms with van der Waals surface area (Å²) < 4.78 is 0. The molecule has 2 unspecified atom stereocenters. The summed E-state index contributed by atoms with van der Waals surface area (Å²) in [6.45, 7) is 5.88. The van der Waals surface area contributed by atoms with Gasteiger partial charge in [-0.2, -0.15) is 5.26 Å². The second-order valence-electron chi connectivity index (χ2n) is 5.45. The average Bonchev–Trinajstić information content (AvgIpc) is 2.85. The van der Waals surface area contributed by atoms with Gasteiger partial charge in [-0.15, -0.1) is 0 Å². The summed E-state index contributed by atoms with van der Waals surface area (Å²) in [5.41, 5.74) is 2.00. The predicted octanol–water partition coefficient (Wildman–Crippen LogP) is 2.23. The lowest BCUT2D eigenvalue weighted by molar-refractivity contribution is 0.203. The highest BCUT2D eigenvalue weighted by Gasteiger charge is 2.34. The highest BCUT2D eigenvalue weighted by Crippen LogP contribution is 2.28. The molecule has 1 aromatic carbocycles. The van der Waals surface area contributed by atoms with Gasteiger partial charge in [-0.05, 0) is 50.6 Å². The Bertz CT molecular complexity index is 460. The van der Waals surface area contributed by atoms with E-state index in [1.165, 1.54) is 31.6 Å². The third-order valence-corrected chi connectivity index (χ3v) is 4.27. The number of fused-ring (bicyclic) bond motifs is 1. The molecule has 0 radical (unpaired) electrons. The van der Waals surface area contributed by atoms with Crippen molar-refractivity contribution in [2.75, 3.05) is 24.5 Å². The first-order valence-electron chi connectivity index (χ1n) is 6.79. The number of piperazine rings is 1. The lowest BCUT2D eigenvalue weighted by atomic mass is 10.1. The lowest BCUT2D eigenvalue weighted by Gasteiger charge is -2.43. The van der Waals surface area contributed by atoms with Crippen molar-refractivity contribution < 1.29 is 0 Å². The van der Waals surface area contributed by atoms with Crippen molar-refractivity contribution in [1.29, 1.82) is 5.26 Å². The Balaban J connectivity index is 1.80. The normalized spacial score (nSPS) is 27.9. The van der Waals surface area contributed by atoms with Gasteiger partial charge in [-0.1, -0.05) is 0 Å². The maximum absolute atomic E-state index is 8.84. The first kappa shape index (κ1) is 11.6. The van der Waals surface area contributed by atoms with Crippen LogP contribution in [0.15, 0.2) is 24.3 Å². The van der Waals surface area contributed by atoms with Crippen LogP contribution in [0.25, 0.3) is 0 Å². The fourth-order valence-electron chi connectivity index (χ4n) is 3.27. The van der Waals surface area contributed by atoms with E-state index in [0.717, 1.165) is 18.2 Å². The summed E-state index contributed by atoms with van der Waals surface area (Å²) in [6.07, 6.45) is 2.68. The maximum Gasteiger partial charge on any atom is 0.0991 e. The van der Waals surface area contributed by atoms with Gasteiger partial charge in [0.1, 0.15) is 0 Å². The summed E-state index contributed by atoms with van der Waals surface area (Å²) in [5.74, 6) is 0. The smallest absolute Gasteiger partial charge is 0.0991 e. The van der Waals surface area contributed by atoms with E-state index in [4.69, 9.17) is 5.26 Å². The van der Waals surface area contributed by atoms with Crippen LogP contribution in [0.2, 0.25) is 0 Å². The van der Waals surface area contributed by atoms with E-state index in [-0.39, 0.29) is 0 Å². The zero-order chi connectivity index (χ0) is 12.5. The summed E-state index contributed by atoms with van der Waals surface area (Å²) in [7, 11) is 0. The first-order valence-corrected chi connectivity index (χ1v) is 6.79. The van der Waals surface area contributed by atoms with Crippen LogP contribution in [0.5, 0.6) is 0 Å². The Hall–Kier alpha value is -1.53. The Morgan fingerprint density at radius 2 is 2.00 bits per heavy atom. The molecule has 0 saturated carbocycles. The van der Waals surface area contributed by atoms with Crippen LogP contribution >= 0.6 is 0 Å². The predicted molar refractivity (Wildman–Crippen MR) is 72.6 cm³/mol. The Labute approximate surface area is 109 Å². The minimum Gasteiger partial charge on any atom is -0.366 e. The summed E-state index contributed by atoms with van der Waals surface area (Å²) in [6, 6.07) is 11.5. The number of anilines is 1. The molecular formula is C15H19N3. The third-order valence-electron chi connectivity index (χ3n) is 4.27. The standard InChI is InChI=1S/C15H19N3/c1-12-10-17-8-2-3-15(17)11-18(12)14-6-4-13(9-16)5-7-14/h4-7,12,15H,2-3,8,10-11H2,1H3. The van der Waals surface area contributed by atoms with Crippen molar-refractivity contribution in [2.24, 2.45) is 0 Å². The summed E-state index contributed by atoms with van der Waals surface area (Å²) in [4.78, 5) is 5.12. The molecule has 3 heteroatoms. The van der Waals surface area contributed by atoms with E-state index in [2.05, 4.69) is 34.9 Å². The zero-order valence-electron chi connectivity index (χ0n) is 10.8. The first-order chi connectivity index (χ1) is 8.78. The van der Waals surface area contributed by atoms with Gasteiger partial charge < -0.3 is 4.90 Å². The zero-order valence-corrected chi connectivity index (χ0v) is 10.8. The number of nitriles is 1. The number of benzene rings is 1. The van der Waals surface area contributed by atoms with Crippen LogP contribution in [0.4, 0.5) is 5.69 Å². The van der Waals surface area contributed by atoms with Crippen LogP contribution in [0.3, 0.4) is 0 Å².